The first-order valence-corrected chi connectivity index (χ1v) is 4.62. The van der Waals surface area contributed by atoms with E-state index in [-0.39, 0.29) is 0 Å². The summed E-state index contributed by atoms with van der Waals surface area (Å²) in [5.74, 6) is 1.38. The monoisotopic (exact) mass is 199 g/mol. The van der Waals surface area contributed by atoms with Crippen LogP contribution >= 0.6 is 11.6 Å². The molecule has 0 saturated heterocycles. The average Bonchev–Trinajstić information content (AvgIpc) is 2.16. The van der Waals surface area contributed by atoms with Crippen molar-refractivity contribution in [1.82, 2.24) is 0 Å². The van der Waals surface area contributed by atoms with Crippen molar-refractivity contribution in [3.63, 3.8) is 0 Å². The van der Waals surface area contributed by atoms with E-state index in [1.807, 2.05) is 37.2 Å². The molecule has 0 saturated carbocycles. The van der Waals surface area contributed by atoms with Crippen LogP contribution in [0.2, 0.25) is 0 Å². The minimum absolute atomic E-state index is 0.518. The van der Waals surface area contributed by atoms with Crippen LogP contribution in [0.3, 0.4) is 0 Å². The molecule has 72 valence electrons. The first-order chi connectivity index (χ1) is 6.19. The molecule has 0 aliphatic heterocycles. The topological polar surface area (TPSA) is 12.5 Å². The van der Waals surface area contributed by atoms with E-state index < -0.39 is 0 Å². The van der Waals surface area contributed by atoms with Crippen molar-refractivity contribution < 1.29 is 4.74 Å². The zero-order valence-electron chi connectivity index (χ0n) is 8.17. The van der Waals surface area contributed by atoms with Gasteiger partial charge in [0, 0.05) is 20.0 Å². The highest BCUT2D eigenvalue weighted by atomic mass is 35.5. The summed E-state index contributed by atoms with van der Waals surface area (Å²) in [6.45, 7) is 0. The molecular weight excluding hydrogens is 186 g/mol. The molecule has 0 spiro atoms. The number of benzene rings is 1. The number of halogens is 1. The number of rotatable bonds is 3. The number of hydrogen-bond acceptors (Lipinski definition) is 2. The van der Waals surface area contributed by atoms with Crippen molar-refractivity contribution in [3.8, 4) is 5.75 Å². The van der Waals surface area contributed by atoms with Crippen LogP contribution in [-0.2, 0) is 5.88 Å². The predicted molar refractivity (Wildman–Crippen MR) is 56.9 cm³/mol. The lowest BCUT2D eigenvalue weighted by Crippen LogP contribution is -2.10. The highest BCUT2D eigenvalue weighted by Gasteiger charge is 2.04. The average molecular weight is 200 g/mol. The first kappa shape index (κ1) is 10.2. The Hall–Kier alpha value is -0.890. The van der Waals surface area contributed by atoms with Gasteiger partial charge in [-0.2, -0.15) is 0 Å². The van der Waals surface area contributed by atoms with Gasteiger partial charge in [-0.3, -0.25) is 0 Å². The summed E-state index contributed by atoms with van der Waals surface area (Å²) in [6.07, 6.45) is 0. The Morgan fingerprint density at radius 3 is 2.54 bits per heavy atom. The van der Waals surface area contributed by atoms with Crippen molar-refractivity contribution in [1.29, 1.82) is 0 Å². The first-order valence-electron chi connectivity index (χ1n) is 4.09. The molecule has 0 heterocycles. The van der Waals surface area contributed by atoms with Crippen LogP contribution < -0.4 is 9.64 Å². The molecule has 0 amide bonds. The second-order valence-corrected chi connectivity index (χ2v) is 3.30. The number of anilines is 1. The van der Waals surface area contributed by atoms with Crippen LogP contribution in [0.1, 0.15) is 5.56 Å². The van der Waals surface area contributed by atoms with Gasteiger partial charge in [-0.1, -0.05) is 6.07 Å². The summed E-state index contributed by atoms with van der Waals surface area (Å²) in [5, 5.41) is 0. The summed E-state index contributed by atoms with van der Waals surface area (Å²) in [4.78, 5) is 2.01. The number of nitrogens with zero attached hydrogens (tertiary/aromatic N) is 1. The van der Waals surface area contributed by atoms with Crippen molar-refractivity contribution >= 4 is 17.3 Å². The van der Waals surface area contributed by atoms with Gasteiger partial charge in [-0.25, -0.2) is 0 Å². The number of alkyl halides is 1. The second-order valence-electron chi connectivity index (χ2n) is 3.03. The SMILES string of the molecule is COc1cc(CCl)ccc1N(C)C. The Morgan fingerprint density at radius 1 is 1.38 bits per heavy atom. The van der Waals surface area contributed by atoms with Gasteiger partial charge in [-0.15, -0.1) is 11.6 Å². The Balaban J connectivity index is 3.08. The van der Waals surface area contributed by atoms with E-state index in [4.69, 9.17) is 16.3 Å². The van der Waals surface area contributed by atoms with Gasteiger partial charge in [0.15, 0.2) is 0 Å². The molecule has 1 aromatic carbocycles. The molecule has 0 aromatic heterocycles. The maximum absolute atomic E-state index is 5.72. The van der Waals surface area contributed by atoms with Crippen LogP contribution in [0.5, 0.6) is 5.75 Å². The van der Waals surface area contributed by atoms with Crippen LogP contribution in [0.4, 0.5) is 5.69 Å². The Kier molecular flexibility index (Phi) is 3.43. The van der Waals surface area contributed by atoms with Crippen LogP contribution in [0, 0.1) is 0 Å². The minimum atomic E-state index is 0.518. The normalized spacial score (nSPS) is 9.85. The van der Waals surface area contributed by atoms with Gasteiger partial charge >= 0.3 is 0 Å². The molecule has 13 heavy (non-hydrogen) atoms. The van der Waals surface area contributed by atoms with Crippen molar-refractivity contribution in [3.05, 3.63) is 23.8 Å². The number of ether oxygens (including phenoxy) is 1. The molecule has 0 radical (unpaired) electrons. The summed E-state index contributed by atoms with van der Waals surface area (Å²) >= 11 is 5.72. The Bertz CT molecular complexity index is 286. The van der Waals surface area contributed by atoms with Crippen LogP contribution in [0.25, 0.3) is 0 Å². The molecule has 0 N–H and O–H groups in total. The van der Waals surface area contributed by atoms with Gasteiger partial charge < -0.3 is 9.64 Å². The zero-order chi connectivity index (χ0) is 9.84. The van der Waals surface area contributed by atoms with E-state index in [2.05, 4.69) is 0 Å². The van der Waals surface area contributed by atoms with Crippen LogP contribution in [0.15, 0.2) is 18.2 Å². The maximum atomic E-state index is 5.72. The summed E-state index contributed by atoms with van der Waals surface area (Å²) in [7, 11) is 5.64. The molecular formula is C10H14ClNO. The van der Waals surface area contributed by atoms with Gasteiger partial charge in [0.1, 0.15) is 5.75 Å². The molecule has 1 rings (SSSR count). The fraction of sp³-hybridized carbons (Fsp3) is 0.400. The van der Waals surface area contributed by atoms with Gasteiger partial charge in [0.25, 0.3) is 0 Å². The molecule has 0 bridgehead atoms. The standard InChI is InChI=1S/C10H14ClNO/c1-12(2)9-5-4-8(7-11)6-10(9)13-3/h4-6H,7H2,1-3H3. The zero-order valence-corrected chi connectivity index (χ0v) is 8.93. The quantitative estimate of drug-likeness (QED) is 0.694. The van der Waals surface area contributed by atoms with E-state index in [0.29, 0.717) is 5.88 Å². The molecule has 1 aromatic rings. The minimum Gasteiger partial charge on any atom is -0.495 e. The third-order valence-corrected chi connectivity index (χ3v) is 2.19. The lowest BCUT2D eigenvalue weighted by atomic mass is 10.2. The smallest absolute Gasteiger partial charge is 0.142 e. The maximum Gasteiger partial charge on any atom is 0.142 e. The van der Waals surface area contributed by atoms with Gasteiger partial charge in [0.2, 0.25) is 0 Å². The summed E-state index contributed by atoms with van der Waals surface area (Å²) < 4.78 is 5.25. The molecule has 0 aliphatic carbocycles. The Morgan fingerprint density at radius 2 is 2.08 bits per heavy atom. The van der Waals surface area contributed by atoms with Gasteiger partial charge in [-0.05, 0) is 17.7 Å². The van der Waals surface area contributed by atoms with E-state index in [1.165, 1.54) is 0 Å². The Labute approximate surface area is 84.1 Å². The molecule has 3 heteroatoms. The fourth-order valence-corrected chi connectivity index (χ4v) is 1.34. The molecule has 0 unspecified atom stereocenters. The highest BCUT2D eigenvalue weighted by molar-refractivity contribution is 6.17. The second kappa shape index (κ2) is 4.38. The fourth-order valence-electron chi connectivity index (χ4n) is 1.17. The lowest BCUT2D eigenvalue weighted by Gasteiger charge is -2.16. The van der Waals surface area contributed by atoms with E-state index in [1.54, 1.807) is 7.11 Å². The predicted octanol–water partition coefficient (Wildman–Crippen LogP) is 2.50. The largest absolute Gasteiger partial charge is 0.495 e. The van der Waals surface area contributed by atoms with Crippen molar-refractivity contribution in [2.75, 3.05) is 26.1 Å². The lowest BCUT2D eigenvalue weighted by molar-refractivity contribution is 0.415. The molecule has 2 nitrogen and oxygen atoms in total. The number of hydrogen-bond donors (Lipinski definition) is 0. The molecule has 0 atom stereocenters. The molecule has 0 fully saturated rings. The summed E-state index contributed by atoms with van der Waals surface area (Å²) in [5.41, 5.74) is 2.14. The van der Waals surface area contributed by atoms with E-state index in [0.717, 1.165) is 17.0 Å². The van der Waals surface area contributed by atoms with E-state index >= 15 is 0 Å². The third-order valence-electron chi connectivity index (χ3n) is 1.88. The molecule has 0 aliphatic rings. The summed E-state index contributed by atoms with van der Waals surface area (Å²) in [6, 6.07) is 5.98. The number of methoxy groups -OCH3 is 1. The van der Waals surface area contributed by atoms with E-state index in [9.17, 15) is 0 Å². The highest BCUT2D eigenvalue weighted by Crippen LogP contribution is 2.28. The van der Waals surface area contributed by atoms with Gasteiger partial charge in [0.05, 0.1) is 12.8 Å². The van der Waals surface area contributed by atoms with Crippen LogP contribution in [-0.4, -0.2) is 21.2 Å². The third kappa shape index (κ3) is 2.28. The van der Waals surface area contributed by atoms with Crippen molar-refractivity contribution in [2.45, 2.75) is 5.88 Å². The van der Waals surface area contributed by atoms with Crippen molar-refractivity contribution in [2.24, 2.45) is 0 Å².